The van der Waals surface area contributed by atoms with Crippen LogP contribution in [0.4, 0.5) is 14.5 Å². The van der Waals surface area contributed by atoms with Gasteiger partial charge in [-0.1, -0.05) is 0 Å². The predicted octanol–water partition coefficient (Wildman–Crippen LogP) is 3.11. The van der Waals surface area contributed by atoms with Crippen LogP contribution in [0.25, 0.3) is 0 Å². The Balaban J connectivity index is 3.37. The van der Waals surface area contributed by atoms with Gasteiger partial charge < -0.3 is 9.47 Å². The highest BCUT2D eigenvalue weighted by molar-refractivity contribution is 6.17. The number of hydrogen-bond donors (Lipinski definition) is 0. The molecule has 0 amide bonds. The molecule has 1 rings (SSSR count). The Morgan fingerprint density at radius 3 is 2.60 bits per heavy atom. The number of nitro groups is 1. The number of rotatable bonds is 6. The molecule has 0 aliphatic carbocycles. The van der Waals surface area contributed by atoms with Crippen LogP contribution >= 0.6 is 11.6 Å². The Morgan fingerprint density at radius 2 is 2.15 bits per heavy atom. The van der Waals surface area contributed by atoms with Crippen molar-refractivity contribution in [2.24, 2.45) is 0 Å². The van der Waals surface area contributed by atoms with Crippen molar-refractivity contribution in [2.45, 2.75) is 19.4 Å². The van der Waals surface area contributed by atoms with E-state index in [1.807, 2.05) is 0 Å². The third kappa shape index (κ3) is 3.77. The van der Waals surface area contributed by atoms with Crippen molar-refractivity contribution in [1.29, 1.82) is 0 Å². The molecule has 0 fully saturated rings. The van der Waals surface area contributed by atoms with Crippen LogP contribution in [0, 0.1) is 10.1 Å². The molecule has 6 nitrogen and oxygen atoms in total. The van der Waals surface area contributed by atoms with E-state index in [9.17, 15) is 23.7 Å². The van der Waals surface area contributed by atoms with E-state index in [0.29, 0.717) is 0 Å². The van der Waals surface area contributed by atoms with Crippen molar-refractivity contribution in [3.8, 4) is 5.75 Å². The summed E-state index contributed by atoms with van der Waals surface area (Å²) in [4.78, 5) is 21.6. The van der Waals surface area contributed by atoms with Gasteiger partial charge in [-0.2, -0.15) is 8.78 Å². The number of carbonyl (C=O) groups is 1. The number of alkyl halides is 3. The standard InChI is InChI=1S/C11H10ClF2NO5/c1-2-19-10(16)7-3-6(5-12)9(20-11(13)14)4-8(7)15(17)18/h3-4,11H,2,5H2,1H3. The average Bonchev–Trinajstić information content (AvgIpc) is 2.37. The van der Waals surface area contributed by atoms with Gasteiger partial charge in [-0.15, -0.1) is 11.6 Å². The van der Waals surface area contributed by atoms with Crippen molar-refractivity contribution in [1.82, 2.24) is 0 Å². The normalized spacial score (nSPS) is 10.4. The largest absolute Gasteiger partial charge is 0.462 e. The van der Waals surface area contributed by atoms with Crippen LogP contribution in [0.5, 0.6) is 5.75 Å². The fourth-order valence-electron chi connectivity index (χ4n) is 1.45. The minimum Gasteiger partial charge on any atom is -0.462 e. The number of nitrogens with zero attached hydrogens (tertiary/aromatic N) is 1. The first-order chi connectivity index (χ1) is 9.40. The zero-order chi connectivity index (χ0) is 15.3. The van der Waals surface area contributed by atoms with Gasteiger partial charge in [0.2, 0.25) is 0 Å². The molecule has 0 aromatic heterocycles. The molecule has 0 atom stereocenters. The zero-order valence-electron chi connectivity index (χ0n) is 10.3. The van der Waals surface area contributed by atoms with E-state index in [1.54, 1.807) is 0 Å². The molecule has 9 heteroatoms. The van der Waals surface area contributed by atoms with Crippen molar-refractivity contribution < 1.29 is 28.0 Å². The van der Waals surface area contributed by atoms with E-state index in [1.165, 1.54) is 6.92 Å². The average molecular weight is 310 g/mol. The number of esters is 1. The summed E-state index contributed by atoms with van der Waals surface area (Å²) >= 11 is 5.55. The maximum absolute atomic E-state index is 12.2. The molecule has 0 aliphatic rings. The van der Waals surface area contributed by atoms with Gasteiger partial charge in [0, 0.05) is 5.56 Å². The van der Waals surface area contributed by atoms with Gasteiger partial charge in [-0.25, -0.2) is 4.79 Å². The Hall–Kier alpha value is -1.96. The Kier molecular flexibility index (Phi) is 5.63. The van der Waals surface area contributed by atoms with E-state index in [4.69, 9.17) is 11.6 Å². The Morgan fingerprint density at radius 1 is 1.50 bits per heavy atom. The second-order valence-corrected chi connectivity index (χ2v) is 3.73. The van der Waals surface area contributed by atoms with Crippen LogP contribution in [0.3, 0.4) is 0 Å². The fraction of sp³-hybridized carbons (Fsp3) is 0.364. The fourth-order valence-corrected chi connectivity index (χ4v) is 1.66. The molecule has 0 radical (unpaired) electrons. The topological polar surface area (TPSA) is 78.7 Å². The highest BCUT2D eigenvalue weighted by Gasteiger charge is 2.25. The molecule has 0 heterocycles. The summed E-state index contributed by atoms with van der Waals surface area (Å²) in [7, 11) is 0. The molecule has 20 heavy (non-hydrogen) atoms. The predicted molar refractivity (Wildman–Crippen MR) is 65.2 cm³/mol. The highest BCUT2D eigenvalue weighted by atomic mass is 35.5. The van der Waals surface area contributed by atoms with E-state index in [-0.39, 0.29) is 23.6 Å². The third-order valence-corrected chi connectivity index (χ3v) is 2.52. The van der Waals surface area contributed by atoms with Crippen molar-refractivity contribution in [2.75, 3.05) is 6.61 Å². The van der Waals surface area contributed by atoms with Gasteiger partial charge in [0.05, 0.1) is 23.5 Å². The maximum atomic E-state index is 12.2. The summed E-state index contributed by atoms with van der Waals surface area (Å²) in [5, 5.41) is 10.9. The maximum Gasteiger partial charge on any atom is 0.387 e. The van der Waals surface area contributed by atoms with E-state index in [0.717, 1.165) is 12.1 Å². The SMILES string of the molecule is CCOC(=O)c1cc(CCl)c(OC(F)F)cc1[N+](=O)[O-]. The van der Waals surface area contributed by atoms with E-state index < -0.39 is 28.9 Å². The molecule has 0 unspecified atom stereocenters. The first-order valence-electron chi connectivity index (χ1n) is 5.39. The summed E-state index contributed by atoms with van der Waals surface area (Å²) in [6.45, 7) is -1.62. The van der Waals surface area contributed by atoms with E-state index in [2.05, 4.69) is 9.47 Å². The monoisotopic (exact) mass is 309 g/mol. The quantitative estimate of drug-likeness (QED) is 0.349. The number of benzene rings is 1. The molecule has 110 valence electrons. The van der Waals surface area contributed by atoms with Crippen LogP contribution in [0.2, 0.25) is 0 Å². The van der Waals surface area contributed by atoms with Crippen molar-refractivity contribution >= 4 is 23.3 Å². The van der Waals surface area contributed by atoms with Crippen molar-refractivity contribution in [3.05, 3.63) is 33.4 Å². The number of hydrogen-bond acceptors (Lipinski definition) is 5. The zero-order valence-corrected chi connectivity index (χ0v) is 11.0. The summed E-state index contributed by atoms with van der Waals surface area (Å²) in [6, 6.07) is 1.75. The molecular weight excluding hydrogens is 300 g/mol. The number of ether oxygens (including phenoxy) is 2. The highest BCUT2D eigenvalue weighted by Crippen LogP contribution is 2.31. The molecule has 1 aromatic rings. The van der Waals surface area contributed by atoms with Crippen LogP contribution < -0.4 is 4.74 Å². The van der Waals surface area contributed by atoms with Gasteiger partial charge in [-0.05, 0) is 13.0 Å². The molecule has 1 aromatic carbocycles. The van der Waals surface area contributed by atoms with E-state index >= 15 is 0 Å². The molecule has 0 spiro atoms. The molecule has 0 aliphatic heterocycles. The Bertz CT molecular complexity index is 524. The van der Waals surface area contributed by atoms with Gasteiger partial charge in [0.25, 0.3) is 5.69 Å². The Labute approximate surface area is 117 Å². The lowest BCUT2D eigenvalue weighted by Crippen LogP contribution is -2.11. The van der Waals surface area contributed by atoms with Crippen LogP contribution in [0.15, 0.2) is 12.1 Å². The minimum atomic E-state index is -3.16. The van der Waals surface area contributed by atoms with Gasteiger partial charge >= 0.3 is 12.6 Å². The smallest absolute Gasteiger partial charge is 0.387 e. The van der Waals surface area contributed by atoms with Crippen LogP contribution in [-0.2, 0) is 10.6 Å². The number of halogens is 3. The third-order valence-electron chi connectivity index (χ3n) is 2.23. The lowest BCUT2D eigenvalue weighted by Gasteiger charge is -2.11. The molecule has 0 saturated carbocycles. The summed E-state index contributed by atoms with van der Waals surface area (Å²) in [5.41, 5.74) is -1.03. The van der Waals surface area contributed by atoms with Crippen molar-refractivity contribution in [3.63, 3.8) is 0 Å². The van der Waals surface area contributed by atoms with Crippen LogP contribution in [-0.4, -0.2) is 24.1 Å². The molecule has 0 saturated heterocycles. The number of carbonyl (C=O) groups excluding carboxylic acids is 1. The molecule has 0 N–H and O–H groups in total. The van der Waals surface area contributed by atoms with Crippen LogP contribution in [0.1, 0.15) is 22.8 Å². The second-order valence-electron chi connectivity index (χ2n) is 3.47. The van der Waals surface area contributed by atoms with Gasteiger partial charge in [-0.3, -0.25) is 10.1 Å². The lowest BCUT2D eigenvalue weighted by molar-refractivity contribution is -0.385. The molecule has 0 bridgehead atoms. The lowest BCUT2D eigenvalue weighted by atomic mass is 10.1. The second kappa shape index (κ2) is 6.99. The summed E-state index contributed by atoms with van der Waals surface area (Å²) < 4.78 is 33.3. The van der Waals surface area contributed by atoms with Gasteiger partial charge in [0.15, 0.2) is 0 Å². The molecular formula is C11H10ClF2NO5. The number of nitro benzene ring substituents is 1. The van der Waals surface area contributed by atoms with Gasteiger partial charge in [0.1, 0.15) is 11.3 Å². The summed E-state index contributed by atoms with van der Waals surface area (Å²) in [5.74, 6) is -1.64. The first-order valence-corrected chi connectivity index (χ1v) is 5.93. The first kappa shape index (κ1) is 16.1. The summed E-state index contributed by atoms with van der Waals surface area (Å²) in [6.07, 6.45) is 0. The minimum absolute atomic E-state index is 0.0154.